The molecule has 0 radical (unpaired) electrons. The number of carbonyl (C=O) groups is 2. The Balaban J connectivity index is 1.96. The molecule has 3 atom stereocenters. The third-order valence-electron chi connectivity index (χ3n) is 3.71. The van der Waals surface area contributed by atoms with Gasteiger partial charge in [0, 0.05) is 36.1 Å². The minimum Gasteiger partial charge on any atom is -0.480 e. The van der Waals surface area contributed by atoms with Gasteiger partial charge in [-0.1, -0.05) is 29.3 Å². The molecule has 7 heteroatoms. The van der Waals surface area contributed by atoms with E-state index in [4.69, 9.17) is 33.0 Å². The smallest absolute Gasteiger partial charge is 0.326 e. The van der Waals surface area contributed by atoms with Crippen LogP contribution in [0.25, 0.3) is 0 Å². The van der Waals surface area contributed by atoms with Gasteiger partial charge in [-0.3, -0.25) is 4.79 Å². The van der Waals surface area contributed by atoms with Crippen molar-refractivity contribution in [1.29, 1.82) is 0 Å². The molecule has 0 aromatic heterocycles. The van der Waals surface area contributed by atoms with Crippen LogP contribution in [0, 0.1) is 5.92 Å². The molecule has 1 saturated carbocycles. The van der Waals surface area contributed by atoms with Crippen LogP contribution >= 0.6 is 23.2 Å². The summed E-state index contributed by atoms with van der Waals surface area (Å²) < 4.78 is 4.85. The first-order valence-electron chi connectivity index (χ1n) is 6.91. The Hall–Kier alpha value is -1.30. The number of methoxy groups -OCH3 is 1. The van der Waals surface area contributed by atoms with Crippen molar-refractivity contribution in [2.45, 2.75) is 24.8 Å². The number of amides is 1. The molecule has 1 aromatic carbocycles. The van der Waals surface area contributed by atoms with Crippen molar-refractivity contribution in [2.24, 2.45) is 5.92 Å². The highest BCUT2D eigenvalue weighted by molar-refractivity contribution is 6.35. The van der Waals surface area contributed by atoms with E-state index in [1.54, 1.807) is 12.1 Å². The van der Waals surface area contributed by atoms with E-state index in [1.165, 1.54) is 7.11 Å². The van der Waals surface area contributed by atoms with Gasteiger partial charge in [0.05, 0.1) is 0 Å². The number of rotatable bonds is 7. The monoisotopic (exact) mass is 345 g/mol. The zero-order valence-corrected chi connectivity index (χ0v) is 13.5. The van der Waals surface area contributed by atoms with Crippen molar-refractivity contribution < 1.29 is 19.4 Å². The Morgan fingerprint density at radius 3 is 2.77 bits per heavy atom. The molecular formula is C15H17Cl2NO4. The zero-order chi connectivity index (χ0) is 16.3. The quantitative estimate of drug-likeness (QED) is 0.796. The number of ether oxygens (including phenoxy) is 1. The summed E-state index contributed by atoms with van der Waals surface area (Å²) in [5, 5.41) is 12.7. The Morgan fingerprint density at radius 2 is 2.18 bits per heavy atom. The molecule has 2 rings (SSSR count). The molecule has 0 heterocycles. The largest absolute Gasteiger partial charge is 0.480 e. The lowest BCUT2D eigenvalue weighted by Crippen LogP contribution is -2.42. The summed E-state index contributed by atoms with van der Waals surface area (Å²) >= 11 is 12.0. The Labute approximate surface area is 138 Å². The van der Waals surface area contributed by atoms with E-state index in [0.717, 1.165) is 5.56 Å². The third kappa shape index (κ3) is 4.12. The predicted octanol–water partition coefficient (Wildman–Crippen LogP) is 2.70. The summed E-state index contributed by atoms with van der Waals surface area (Å²) in [5.74, 6) is -1.56. The third-order valence-corrected chi connectivity index (χ3v) is 4.28. The lowest BCUT2D eigenvalue weighted by atomic mass is 10.1. The average molecular weight is 346 g/mol. The second-order valence-electron chi connectivity index (χ2n) is 5.30. The molecule has 1 aliphatic carbocycles. The molecule has 22 heavy (non-hydrogen) atoms. The molecule has 0 bridgehead atoms. The fourth-order valence-corrected chi connectivity index (χ4v) is 2.95. The molecule has 1 fully saturated rings. The fraction of sp³-hybridized carbons (Fsp3) is 0.467. The number of hydrogen-bond acceptors (Lipinski definition) is 3. The maximum absolute atomic E-state index is 12.2. The lowest BCUT2D eigenvalue weighted by molar-refractivity contribution is -0.142. The van der Waals surface area contributed by atoms with Crippen molar-refractivity contribution in [3.05, 3.63) is 33.8 Å². The SMILES string of the molecule is COCCC(NC(=O)C1CC1c1ccc(Cl)cc1Cl)C(=O)O. The molecule has 1 aliphatic rings. The van der Waals surface area contributed by atoms with E-state index < -0.39 is 12.0 Å². The number of hydrogen-bond donors (Lipinski definition) is 2. The van der Waals surface area contributed by atoms with Crippen LogP contribution in [0.5, 0.6) is 0 Å². The Kier molecular flexibility index (Phi) is 5.67. The number of aliphatic carboxylic acids is 1. The maximum atomic E-state index is 12.2. The van der Waals surface area contributed by atoms with Gasteiger partial charge >= 0.3 is 5.97 Å². The fourth-order valence-electron chi connectivity index (χ4n) is 2.40. The van der Waals surface area contributed by atoms with Crippen LogP contribution in [-0.4, -0.2) is 36.7 Å². The summed E-state index contributed by atoms with van der Waals surface area (Å²) in [6.45, 7) is 0.272. The minimum absolute atomic E-state index is 0.0154. The van der Waals surface area contributed by atoms with Gasteiger partial charge in [0.25, 0.3) is 0 Å². The predicted molar refractivity (Wildman–Crippen MR) is 83.4 cm³/mol. The van der Waals surface area contributed by atoms with Gasteiger partial charge in [-0.25, -0.2) is 4.79 Å². The highest BCUT2D eigenvalue weighted by atomic mass is 35.5. The van der Waals surface area contributed by atoms with Crippen molar-refractivity contribution >= 4 is 35.1 Å². The molecule has 0 spiro atoms. The van der Waals surface area contributed by atoms with Crippen molar-refractivity contribution in [3.63, 3.8) is 0 Å². The number of carboxylic acid groups (broad SMARTS) is 1. The molecule has 0 saturated heterocycles. The first kappa shape index (κ1) is 17.1. The van der Waals surface area contributed by atoms with Crippen LogP contribution in [-0.2, 0) is 14.3 Å². The lowest BCUT2D eigenvalue weighted by Gasteiger charge is -2.14. The number of benzene rings is 1. The van der Waals surface area contributed by atoms with Gasteiger partial charge in [-0.2, -0.15) is 0 Å². The van der Waals surface area contributed by atoms with E-state index in [1.807, 2.05) is 6.07 Å². The molecule has 3 unspecified atom stereocenters. The summed E-state index contributed by atoms with van der Waals surface area (Å²) in [6, 6.07) is 4.25. The van der Waals surface area contributed by atoms with Crippen molar-refractivity contribution in [2.75, 3.05) is 13.7 Å². The number of carbonyl (C=O) groups excluding carboxylic acids is 1. The van der Waals surface area contributed by atoms with Crippen LogP contribution in [0.15, 0.2) is 18.2 Å². The van der Waals surface area contributed by atoms with E-state index in [9.17, 15) is 9.59 Å². The van der Waals surface area contributed by atoms with Gasteiger partial charge in [-0.05, 0) is 30.0 Å². The molecule has 2 N–H and O–H groups in total. The molecule has 0 aliphatic heterocycles. The maximum Gasteiger partial charge on any atom is 0.326 e. The van der Waals surface area contributed by atoms with Gasteiger partial charge in [0.15, 0.2) is 0 Å². The van der Waals surface area contributed by atoms with E-state index in [0.29, 0.717) is 16.5 Å². The first-order valence-corrected chi connectivity index (χ1v) is 7.66. The van der Waals surface area contributed by atoms with Crippen LogP contribution < -0.4 is 5.32 Å². The second kappa shape index (κ2) is 7.31. The summed E-state index contributed by atoms with van der Waals surface area (Å²) in [5.41, 5.74) is 0.870. The van der Waals surface area contributed by atoms with Gasteiger partial charge < -0.3 is 15.2 Å². The standard InChI is InChI=1S/C15H17Cl2NO4/c1-22-5-4-13(15(20)21)18-14(19)11-7-10(11)9-3-2-8(16)6-12(9)17/h2-3,6,10-11,13H,4-5,7H2,1H3,(H,18,19)(H,20,21). The van der Waals surface area contributed by atoms with Gasteiger partial charge in [0.1, 0.15) is 6.04 Å². The van der Waals surface area contributed by atoms with Crippen LogP contribution in [0.2, 0.25) is 10.0 Å². The summed E-state index contributed by atoms with van der Waals surface area (Å²) in [4.78, 5) is 23.3. The van der Waals surface area contributed by atoms with E-state index in [2.05, 4.69) is 5.32 Å². The van der Waals surface area contributed by atoms with Gasteiger partial charge in [-0.15, -0.1) is 0 Å². The highest BCUT2D eigenvalue weighted by Gasteiger charge is 2.45. The topological polar surface area (TPSA) is 75.6 Å². The second-order valence-corrected chi connectivity index (χ2v) is 6.14. The normalized spacial score (nSPS) is 21.2. The Morgan fingerprint density at radius 1 is 1.45 bits per heavy atom. The molecule has 1 amide bonds. The average Bonchev–Trinajstić information content (AvgIpc) is 3.23. The number of halogens is 2. The zero-order valence-electron chi connectivity index (χ0n) is 12.0. The van der Waals surface area contributed by atoms with Crippen LogP contribution in [0.3, 0.4) is 0 Å². The molecule has 1 aromatic rings. The first-order chi connectivity index (χ1) is 10.4. The van der Waals surface area contributed by atoms with Crippen LogP contribution in [0.1, 0.15) is 24.3 Å². The molecule has 120 valence electrons. The minimum atomic E-state index is -1.06. The Bertz CT molecular complexity index is 579. The highest BCUT2D eigenvalue weighted by Crippen LogP contribution is 2.50. The summed E-state index contributed by atoms with van der Waals surface area (Å²) in [6.07, 6.45) is 0.889. The number of carboxylic acids is 1. The molecule has 5 nitrogen and oxygen atoms in total. The van der Waals surface area contributed by atoms with Gasteiger partial charge in [0.2, 0.25) is 5.91 Å². The number of nitrogens with one attached hydrogen (secondary N) is 1. The van der Waals surface area contributed by atoms with Crippen molar-refractivity contribution in [3.8, 4) is 0 Å². The summed E-state index contributed by atoms with van der Waals surface area (Å²) in [7, 11) is 1.49. The van der Waals surface area contributed by atoms with E-state index in [-0.39, 0.29) is 30.8 Å². The van der Waals surface area contributed by atoms with Crippen LogP contribution in [0.4, 0.5) is 0 Å². The van der Waals surface area contributed by atoms with E-state index >= 15 is 0 Å². The van der Waals surface area contributed by atoms with Crippen molar-refractivity contribution in [1.82, 2.24) is 5.32 Å². The molecular weight excluding hydrogens is 329 g/mol.